The van der Waals surface area contributed by atoms with E-state index in [0.717, 1.165) is 16.4 Å². The fourth-order valence-electron chi connectivity index (χ4n) is 1.82. The Morgan fingerprint density at radius 3 is 2.89 bits per heavy atom. The SMILES string of the molecule is CCNC(c1cnc(C)s1)c1cccc(Br)c1F. The van der Waals surface area contributed by atoms with Gasteiger partial charge in [-0.25, -0.2) is 9.37 Å². The summed E-state index contributed by atoms with van der Waals surface area (Å²) in [5.74, 6) is -0.213. The molecule has 0 bridgehead atoms. The van der Waals surface area contributed by atoms with Crippen molar-refractivity contribution in [1.29, 1.82) is 0 Å². The first-order chi connectivity index (χ1) is 8.63. The van der Waals surface area contributed by atoms with Crippen LogP contribution < -0.4 is 5.32 Å². The lowest BCUT2D eigenvalue weighted by Crippen LogP contribution is -2.22. The quantitative estimate of drug-likeness (QED) is 0.915. The molecule has 1 unspecified atom stereocenters. The van der Waals surface area contributed by atoms with Crippen LogP contribution >= 0.6 is 27.3 Å². The van der Waals surface area contributed by atoms with Gasteiger partial charge in [0.05, 0.1) is 15.5 Å². The Morgan fingerprint density at radius 1 is 1.50 bits per heavy atom. The molecule has 1 atom stereocenters. The van der Waals surface area contributed by atoms with Crippen LogP contribution in [0.4, 0.5) is 4.39 Å². The second-order valence-electron chi connectivity index (χ2n) is 3.92. The van der Waals surface area contributed by atoms with E-state index in [1.54, 1.807) is 17.4 Å². The molecule has 1 aromatic carbocycles. The van der Waals surface area contributed by atoms with Gasteiger partial charge in [0, 0.05) is 16.6 Å². The predicted octanol–water partition coefficient (Wildman–Crippen LogP) is 4.05. The topological polar surface area (TPSA) is 24.9 Å². The molecule has 18 heavy (non-hydrogen) atoms. The maximum atomic E-state index is 14.2. The Labute approximate surface area is 118 Å². The summed E-state index contributed by atoms with van der Waals surface area (Å²) >= 11 is 4.82. The van der Waals surface area contributed by atoms with Crippen LogP contribution in [0.1, 0.15) is 28.4 Å². The Bertz CT molecular complexity index is 542. The molecule has 0 spiro atoms. The molecule has 1 aromatic heterocycles. The van der Waals surface area contributed by atoms with Crippen molar-refractivity contribution in [2.75, 3.05) is 6.54 Å². The van der Waals surface area contributed by atoms with Crippen LogP contribution in [0.15, 0.2) is 28.9 Å². The number of nitrogens with one attached hydrogen (secondary N) is 1. The third-order valence-corrected chi connectivity index (χ3v) is 4.21. The third-order valence-electron chi connectivity index (χ3n) is 2.62. The lowest BCUT2D eigenvalue weighted by Gasteiger charge is -2.17. The van der Waals surface area contributed by atoms with E-state index in [2.05, 4.69) is 26.2 Å². The summed E-state index contributed by atoms with van der Waals surface area (Å²) in [4.78, 5) is 5.28. The molecule has 1 heterocycles. The minimum atomic E-state index is -0.213. The van der Waals surface area contributed by atoms with Crippen LogP contribution in [0.25, 0.3) is 0 Å². The Kier molecular flexibility index (Phi) is 4.48. The van der Waals surface area contributed by atoms with Gasteiger partial charge in [-0.15, -0.1) is 11.3 Å². The molecular weight excluding hydrogens is 315 g/mol. The molecule has 0 aliphatic carbocycles. The minimum Gasteiger partial charge on any atom is -0.306 e. The molecule has 1 N–H and O–H groups in total. The Morgan fingerprint density at radius 2 is 2.28 bits per heavy atom. The molecule has 2 nitrogen and oxygen atoms in total. The van der Waals surface area contributed by atoms with Gasteiger partial charge in [-0.1, -0.05) is 19.1 Å². The normalized spacial score (nSPS) is 12.7. The summed E-state index contributed by atoms with van der Waals surface area (Å²) in [5, 5.41) is 4.30. The van der Waals surface area contributed by atoms with Crippen LogP contribution in [0.2, 0.25) is 0 Å². The summed E-state index contributed by atoms with van der Waals surface area (Å²) < 4.78 is 14.7. The summed E-state index contributed by atoms with van der Waals surface area (Å²) in [6.07, 6.45) is 1.81. The van der Waals surface area contributed by atoms with Crippen LogP contribution in [0.5, 0.6) is 0 Å². The highest BCUT2D eigenvalue weighted by Crippen LogP contribution is 2.31. The maximum absolute atomic E-state index is 14.2. The molecule has 0 saturated heterocycles. The zero-order valence-corrected chi connectivity index (χ0v) is 12.6. The molecule has 2 rings (SSSR count). The molecule has 0 amide bonds. The monoisotopic (exact) mass is 328 g/mol. The molecule has 0 radical (unpaired) electrons. The maximum Gasteiger partial charge on any atom is 0.142 e. The highest BCUT2D eigenvalue weighted by atomic mass is 79.9. The average Bonchev–Trinajstić information content (AvgIpc) is 2.77. The summed E-state index contributed by atoms with van der Waals surface area (Å²) in [7, 11) is 0. The van der Waals surface area contributed by atoms with Gasteiger partial charge in [-0.3, -0.25) is 0 Å². The van der Waals surface area contributed by atoms with E-state index in [1.807, 2.05) is 32.2 Å². The standard InChI is InChI=1S/C13H14BrFN2S/c1-3-16-13(11-7-17-8(2)18-11)9-5-4-6-10(14)12(9)15/h4-7,13,16H,3H2,1-2H3. The van der Waals surface area contributed by atoms with E-state index < -0.39 is 0 Å². The molecule has 0 aliphatic heterocycles. The summed E-state index contributed by atoms with van der Waals surface area (Å²) in [6.45, 7) is 4.73. The number of thiazole rings is 1. The molecule has 2 aromatic rings. The second kappa shape index (κ2) is 5.91. The lowest BCUT2D eigenvalue weighted by molar-refractivity contribution is 0.558. The van der Waals surface area contributed by atoms with Crippen LogP contribution in [0, 0.1) is 12.7 Å². The van der Waals surface area contributed by atoms with Crippen molar-refractivity contribution in [2.45, 2.75) is 19.9 Å². The minimum absolute atomic E-state index is 0.140. The van der Waals surface area contributed by atoms with E-state index >= 15 is 0 Å². The van der Waals surface area contributed by atoms with Gasteiger partial charge < -0.3 is 5.32 Å². The van der Waals surface area contributed by atoms with Crippen molar-refractivity contribution >= 4 is 27.3 Å². The van der Waals surface area contributed by atoms with Crippen LogP contribution in [-0.4, -0.2) is 11.5 Å². The van der Waals surface area contributed by atoms with Crippen molar-refractivity contribution in [2.24, 2.45) is 0 Å². The van der Waals surface area contributed by atoms with E-state index in [-0.39, 0.29) is 11.9 Å². The summed E-state index contributed by atoms with van der Waals surface area (Å²) in [6, 6.07) is 5.22. The van der Waals surface area contributed by atoms with Crippen molar-refractivity contribution in [1.82, 2.24) is 10.3 Å². The van der Waals surface area contributed by atoms with Gasteiger partial charge in [-0.05, 0) is 35.5 Å². The first-order valence-electron chi connectivity index (χ1n) is 5.73. The number of benzene rings is 1. The molecule has 0 aliphatic rings. The van der Waals surface area contributed by atoms with Gasteiger partial charge in [-0.2, -0.15) is 0 Å². The van der Waals surface area contributed by atoms with Gasteiger partial charge in [0.2, 0.25) is 0 Å². The Balaban J connectivity index is 2.44. The van der Waals surface area contributed by atoms with Gasteiger partial charge >= 0.3 is 0 Å². The zero-order valence-electron chi connectivity index (χ0n) is 10.2. The smallest absolute Gasteiger partial charge is 0.142 e. The van der Waals surface area contributed by atoms with Gasteiger partial charge in [0.25, 0.3) is 0 Å². The van der Waals surface area contributed by atoms with Gasteiger partial charge in [0.15, 0.2) is 0 Å². The van der Waals surface area contributed by atoms with E-state index in [9.17, 15) is 4.39 Å². The predicted molar refractivity (Wildman–Crippen MR) is 76.5 cm³/mol. The van der Waals surface area contributed by atoms with E-state index in [0.29, 0.717) is 10.0 Å². The van der Waals surface area contributed by atoms with Crippen molar-refractivity contribution < 1.29 is 4.39 Å². The van der Waals surface area contributed by atoms with Crippen molar-refractivity contribution in [3.63, 3.8) is 0 Å². The molecule has 5 heteroatoms. The Hall–Kier alpha value is -0.780. The fraction of sp³-hybridized carbons (Fsp3) is 0.308. The fourth-order valence-corrected chi connectivity index (χ4v) is 3.08. The summed E-state index contributed by atoms with van der Waals surface area (Å²) in [5.41, 5.74) is 0.648. The van der Waals surface area contributed by atoms with E-state index in [1.165, 1.54) is 0 Å². The lowest BCUT2D eigenvalue weighted by atomic mass is 10.1. The highest BCUT2D eigenvalue weighted by Gasteiger charge is 2.20. The number of hydrogen-bond donors (Lipinski definition) is 1. The van der Waals surface area contributed by atoms with E-state index in [4.69, 9.17) is 0 Å². The highest BCUT2D eigenvalue weighted by molar-refractivity contribution is 9.10. The van der Waals surface area contributed by atoms with Gasteiger partial charge in [0.1, 0.15) is 5.82 Å². The van der Waals surface area contributed by atoms with Crippen molar-refractivity contribution in [3.05, 3.63) is 50.1 Å². The second-order valence-corrected chi connectivity index (χ2v) is 6.04. The van der Waals surface area contributed by atoms with Crippen molar-refractivity contribution in [3.8, 4) is 0 Å². The first-order valence-corrected chi connectivity index (χ1v) is 7.34. The third kappa shape index (κ3) is 2.79. The van der Waals surface area contributed by atoms with Crippen LogP contribution in [-0.2, 0) is 0 Å². The number of halogens is 2. The van der Waals surface area contributed by atoms with Crippen LogP contribution in [0.3, 0.4) is 0 Å². The first kappa shape index (κ1) is 13.6. The molecule has 0 fully saturated rings. The average molecular weight is 329 g/mol. The molecule has 96 valence electrons. The number of nitrogens with zero attached hydrogens (tertiary/aromatic N) is 1. The number of aryl methyl sites for hydroxylation is 1. The zero-order chi connectivity index (χ0) is 13.1. The number of aromatic nitrogens is 1. The number of rotatable bonds is 4. The molecular formula is C13H14BrFN2S. The molecule has 0 saturated carbocycles. The largest absolute Gasteiger partial charge is 0.306 e. The number of hydrogen-bond acceptors (Lipinski definition) is 3.